The van der Waals surface area contributed by atoms with Gasteiger partial charge in [-0.05, 0) is 111 Å². The lowest BCUT2D eigenvalue weighted by Crippen LogP contribution is -2.47. The summed E-state index contributed by atoms with van der Waals surface area (Å²) in [5.41, 5.74) is 4.98. The van der Waals surface area contributed by atoms with Gasteiger partial charge in [0, 0.05) is 0 Å². The molecule has 0 bridgehead atoms. The maximum Gasteiger partial charge on any atom is 0.360 e. The summed E-state index contributed by atoms with van der Waals surface area (Å²) < 4.78 is 7.09. The Kier molecular flexibility index (Phi) is 7.88. The molecule has 1 aromatic heterocycles. The summed E-state index contributed by atoms with van der Waals surface area (Å²) in [5.74, 6) is 4.46. The minimum Gasteiger partial charge on any atom is -0.461 e. The molecule has 0 aliphatic heterocycles. The van der Waals surface area contributed by atoms with E-state index >= 15 is 0 Å². The highest BCUT2D eigenvalue weighted by Crippen LogP contribution is 2.66. The van der Waals surface area contributed by atoms with Gasteiger partial charge < -0.3 is 4.74 Å². The quantitative estimate of drug-likeness (QED) is 0.253. The van der Waals surface area contributed by atoms with Gasteiger partial charge in [0.05, 0.1) is 18.8 Å². The maximum atomic E-state index is 12.1. The number of carbonyl (C=O) groups is 1. The molecule has 38 heavy (non-hydrogen) atoms. The number of carbonyl (C=O) groups excluding carboxylic acids is 1. The van der Waals surface area contributed by atoms with E-state index in [-0.39, 0.29) is 5.97 Å². The smallest absolute Gasteiger partial charge is 0.360 e. The van der Waals surface area contributed by atoms with Gasteiger partial charge in [-0.3, -0.25) is 0 Å². The minimum atomic E-state index is -0.364. The highest BCUT2D eigenvalue weighted by atomic mass is 16.5. The van der Waals surface area contributed by atoms with Crippen molar-refractivity contribution in [3.8, 4) is 0 Å². The molecule has 5 heteroatoms. The first-order chi connectivity index (χ1) is 18.1. The Labute approximate surface area is 231 Å². The van der Waals surface area contributed by atoms with Crippen molar-refractivity contribution >= 4 is 5.97 Å². The first kappa shape index (κ1) is 27.9. The summed E-state index contributed by atoms with van der Waals surface area (Å²) in [6.45, 7) is 17.2. The van der Waals surface area contributed by atoms with Gasteiger partial charge in [0.15, 0.2) is 5.69 Å². The molecule has 4 aliphatic rings. The zero-order chi connectivity index (χ0) is 27.2. The highest BCUT2D eigenvalue weighted by Gasteiger charge is 2.55. The zero-order valence-electron chi connectivity index (χ0n) is 25.3. The molecular formula is C33H53N3O2. The average molecular weight is 524 g/mol. The number of ether oxygens (including phenoxy) is 1. The Bertz CT molecular complexity index is 1040. The number of rotatable bonds is 8. The summed E-state index contributed by atoms with van der Waals surface area (Å²) in [7, 11) is 0. The molecule has 0 radical (unpaired) electrons. The topological polar surface area (TPSA) is 57.0 Å². The Morgan fingerprint density at radius 2 is 1.87 bits per heavy atom. The summed E-state index contributed by atoms with van der Waals surface area (Å²) in [5, 5.41) is 8.48. The molecule has 0 N–H and O–H groups in total. The first-order valence-electron chi connectivity index (χ1n) is 15.9. The molecule has 1 aromatic rings. The Hall–Kier alpha value is -1.65. The number of aromatic nitrogens is 3. The van der Waals surface area contributed by atoms with Gasteiger partial charge in [-0.1, -0.05) is 70.7 Å². The second-order valence-corrected chi connectivity index (χ2v) is 14.4. The van der Waals surface area contributed by atoms with Crippen molar-refractivity contribution in [3.63, 3.8) is 0 Å². The SMILES string of the molecule is CCOC(=O)c1cn([C@H]2CC[C@@]3(C)[C@@H](CCC4=C5CC[C@H]([C@H](C)CC[C@H](C)C(C)C)[C@@]5(C)CC[C@@H]43)C2)nn1. The largest absolute Gasteiger partial charge is 0.461 e. The second-order valence-electron chi connectivity index (χ2n) is 14.4. The van der Waals surface area contributed by atoms with Crippen LogP contribution in [0.3, 0.4) is 0 Å². The van der Waals surface area contributed by atoms with Crippen LogP contribution in [0.5, 0.6) is 0 Å². The number of hydrogen-bond donors (Lipinski definition) is 0. The van der Waals surface area contributed by atoms with E-state index in [2.05, 4.69) is 51.9 Å². The molecule has 0 spiro atoms. The van der Waals surface area contributed by atoms with E-state index in [4.69, 9.17) is 4.74 Å². The van der Waals surface area contributed by atoms with Crippen molar-refractivity contribution in [2.45, 2.75) is 125 Å². The summed E-state index contributed by atoms with van der Waals surface area (Å²) in [4.78, 5) is 12.1. The summed E-state index contributed by atoms with van der Waals surface area (Å²) in [6.07, 6.45) is 16.3. The summed E-state index contributed by atoms with van der Waals surface area (Å²) >= 11 is 0. The predicted octanol–water partition coefficient (Wildman–Crippen LogP) is 8.43. The lowest BCUT2D eigenvalue weighted by Gasteiger charge is -2.57. The molecule has 5 nitrogen and oxygen atoms in total. The van der Waals surface area contributed by atoms with Crippen molar-refractivity contribution < 1.29 is 9.53 Å². The monoisotopic (exact) mass is 523 g/mol. The van der Waals surface area contributed by atoms with Crippen molar-refractivity contribution in [1.82, 2.24) is 15.0 Å². The van der Waals surface area contributed by atoms with Gasteiger partial charge >= 0.3 is 5.97 Å². The number of hydrogen-bond acceptors (Lipinski definition) is 4. The van der Waals surface area contributed by atoms with Crippen LogP contribution in [0.2, 0.25) is 0 Å². The average Bonchev–Trinajstić information content (AvgIpc) is 3.51. The van der Waals surface area contributed by atoms with E-state index < -0.39 is 0 Å². The molecule has 212 valence electrons. The lowest BCUT2D eigenvalue weighted by molar-refractivity contribution is -0.00882. The van der Waals surface area contributed by atoms with Gasteiger partial charge in [0.2, 0.25) is 0 Å². The van der Waals surface area contributed by atoms with Crippen LogP contribution in [0.4, 0.5) is 0 Å². The van der Waals surface area contributed by atoms with Crippen LogP contribution in [-0.4, -0.2) is 27.6 Å². The van der Waals surface area contributed by atoms with Crippen molar-refractivity contribution in [2.24, 2.45) is 46.3 Å². The minimum absolute atomic E-state index is 0.339. The van der Waals surface area contributed by atoms with Crippen LogP contribution in [0.1, 0.15) is 136 Å². The second kappa shape index (κ2) is 10.7. The number of fused-ring (bicyclic) bond motifs is 4. The van der Waals surface area contributed by atoms with E-state index in [1.807, 2.05) is 28.9 Å². The molecule has 1 heterocycles. The molecule has 0 amide bonds. The molecule has 4 aliphatic carbocycles. The molecule has 0 saturated heterocycles. The van der Waals surface area contributed by atoms with E-state index in [0.29, 0.717) is 29.2 Å². The fourth-order valence-corrected chi connectivity index (χ4v) is 9.47. The Morgan fingerprint density at radius 3 is 2.61 bits per heavy atom. The number of allylic oxidation sites excluding steroid dienone is 2. The van der Waals surface area contributed by atoms with Crippen LogP contribution in [-0.2, 0) is 4.74 Å². The number of esters is 1. The fourth-order valence-electron chi connectivity index (χ4n) is 9.47. The third-order valence-corrected chi connectivity index (χ3v) is 12.3. The van der Waals surface area contributed by atoms with Crippen molar-refractivity contribution in [3.05, 3.63) is 23.0 Å². The molecule has 0 aromatic carbocycles. The molecule has 3 saturated carbocycles. The Morgan fingerprint density at radius 1 is 1.08 bits per heavy atom. The van der Waals surface area contributed by atoms with E-state index in [1.165, 1.54) is 57.8 Å². The third-order valence-electron chi connectivity index (χ3n) is 12.3. The van der Waals surface area contributed by atoms with E-state index in [1.54, 1.807) is 0 Å². The van der Waals surface area contributed by atoms with E-state index in [0.717, 1.165) is 48.3 Å². The Balaban J connectivity index is 1.29. The number of nitrogens with zero attached hydrogens (tertiary/aromatic N) is 3. The predicted molar refractivity (Wildman–Crippen MR) is 153 cm³/mol. The standard InChI is InChI=1S/C33H53N3O2/c1-8-38-31(37)30-20-36(35-34-30)25-15-17-32(6)24(19-25)11-12-26-28-14-13-27(33(28,7)18-16-29(26)32)23(5)10-9-22(4)21(2)3/h20-25,27,29H,8-19H2,1-7H3/t22-,23+,24-,25-,27+,29-,32-,33+/m0/s1. The molecule has 3 fully saturated rings. The van der Waals surface area contributed by atoms with Crippen LogP contribution in [0, 0.1) is 46.3 Å². The molecular weight excluding hydrogens is 470 g/mol. The van der Waals surface area contributed by atoms with Gasteiger partial charge in [0.1, 0.15) is 0 Å². The van der Waals surface area contributed by atoms with Gasteiger partial charge in [-0.25, -0.2) is 9.48 Å². The van der Waals surface area contributed by atoms with Gasteiger partial charge in [-0.15, -0.1) is 5.10 Å². The molecule has 0 unspecified atom stereocenters. The maximum absolute atomic E-state index is 12.1. The lowest BCUT2D eigenvalue weighted by atomic mass is 9.48. The van der Waals surface area contributed by atoms with Crippen LogP contribution >= 0.6 is 0 Å². The third kappa shape index (κ3) is 4.79. The summed E-state index contributed by atoms with van der Waals surface area (Å²) in [6, 6.07) is 0.344. The zero-order valence-corrected chi connectivity index (χ0v) is 25.3. The van der Waals surface area contributed by atoms with Crippen molar-refractivity contribution in [2.75, 3.05) is 6.61 Å². The van der Waals surface area contributed by atoms with Gasteiger partial charge in [0.25, 0.3) is 0 Å². The highest BCUT2D eigenvalue weighted by molar-refractivity contribution is 5.86. The normalized spacial score (nSPS) is 36.4. The van der Waals surface area contributed by atoms with Crippen LogP contribution in [0.25, 0.3) is 0 Å². The van der Waals surface area contributed by atoms with Crippen molar-refractivity contribution in [1.29, 1.82) is 0 Å². The fraction of sp³-hybridized carbons (Fsp3) is 0.848. The van der Waals surface area contributed by atoms with Crippen LogP contribution < -0.4 is 0 Å². The van der Waals surface area contributed by atoms with E-state index in [9.17, 15) is 4.79 Å². The molecule has 8 atom stereocenters. The van der Waals surface area contributed by atoms with Gasteiger partial charge in [-0.2, -0.15) is 0 Å². The molecule has 5 rings (SSSR count). The van der Waals surface area contributed by atoms with Crippen LogP contribution in [0.15, 0.2) is 17.3 Å². The first-order valence-corrected chi connectivity index (χ1v) is 15.9.